The van der Waals surface area contributed by atoms with Crippen LogP contribution in [0.5, 0.6) is 0 Å². The summed E-state index contributed by atoms with van der Waals surface area (Å²) in [7, 11) is -2.84. The molecule has 0 aliphatic rings. The van der Waals surface area contributed by atoms with E-state index < -0.39 is 8.25 Å². The highest BCUT2D eigenvalue weighted by Gasteiger charge is 2.12. The van der Waals surface area contributed by atoms with Gasteiger partial charge in [-0.25, -0.2) is 0 Å². The summed E-state index contributed by atoms with van der Waals surface area (Å²) in [6, 6.07) is 21.4. The van der Waals surface area contributed by atoms with Crippen molar-refractivity contribution in [1.29, 1.82) is 0 Å². The van der Waals surface area contributed by atoms with Crippen LogP contribution in [0.2, 0.25) is 5.02 Å². The summed E-state index contributed by atoms with van der Waals surface area (Å²) >= 11 is 6.37. The zero-order valence-corrected chi connectivity index (χ0v) is 22.7. The Balaban J connectivity index is 1.83. The maximum absolute atomic E-state index is 10.6. The van der Waals surface area contributed by atoms with E-state index in [-0.39, 0.29) is 6.61 Å². The third-order valence-electron chi connectivity index (χ3n) is 6.39. The fourth-order valence-electron chi connectivity index (χ4n) is 4.13. The molecule has 0 fully saturated rings. The van der Waals surface area contributed by atoms with Crippen LogP contribution in [0.4, 0.5) is 0 Å². The Morgan fingerprint density at radius 2 is 1.77 bits per heavy atom. The zero-order valence-electron chi connectivity index (χ0n) is 21.0. The number of benzene rings is 3. The molecule has 0 bridgehead atoms. The van der Waals surface area contributed by atoms with Gasteiger partial charge in [-0.1, -0.05) is 60.1 Å². The van der Waals surface area contributed by atoms with Gasteiger partial charge in [0.2, 0.25) is 0 Å². The van der Waals surface area contributed by atoms with E-state index in [1.165, 1.54) is 44.5 Å². The van der Waals surface area contributed by atoms with Gasteiger partial charge in [0.05, 0.1) is 6.61 Å². The van der Waals surface area contributed by atoms with E-state index in [0.29, 0.717) is 6.42 Å². The minimum atomic E-state index is -2.84. The summed E-state index contributed by atoms with van der Waals surface area (Å²) in [5.74, 6) is 0. The molecule has 0 aliphatic carbocycles. The molecule has 3 rings (SSSR count). The molecule has 0 aliphatic heterocycles. The Kier molecular flexibility index (Phi) is 10.3. The van der Waals surface area contributed by atoms with Crippen LogP contribution in [-0.4, -0.2) is 18.0 Å². The van der Waals surface area contributed by atoms with E-state index in [2.05, 4.69) is 75.5 Å². The molecule has 1 unspecified atom stereocenters. The SMILES string of the molecule is C/C(=C(\Cc1ccc(C)c(C)c1)c1cccc(Cl)c1)c1ccc(CNCCCO[PH](=O)O)c(C)c1. The molecule has 3 aromatic rings. The van der Waals surface area contributed by atoms with Crippen molar-refractivity contribution >= 4 is 31.0 Å². The first-order valence-electron chi connectivity index (χ1n) is 11.9. The Labute approximate surface area is 215 Å². The summed E-state index contributed by atoms with van der Waals surface area (Å²) in [4.78, 5) is 8.72. The first-order valence-corrected chi connectivity index (χ1v) is 13.6. The van der Waals surface area contributed by atoms with Gasteiger partial charge in [-0.2, -0.15) is 0 Å². The van der Waals surface area contributed by atoms with Gasteiger partial charge in [0.15, 0.2) is 0 Å². The van der Waals surface area contributed by atoms with Crippen molar-refractivity contribution in [2.75, 3.05) is 13.2 Å². The second-order valence-corrected chi connectivity index (χ2v) is 10.3. The van der Waals surface area contributed by atoms with Gasteiger partial charge < -0.3 is 14.7 Å². The largest absolute Gasteiger partial charge is 0.326 e. The van der Waals surface area contributed by atoms with Crippen LogP contribution in [-0.2, 0) is 22.1 Å². The van der Waals surface area contributed by atoms with Crippen molar-refractivity contribution in [2.45, 2.75) is 47.1 Å². The number of aryl methyl sites for hydroxylation is 3. The van der Waals surface area contributed by atoms with E-state index in [4.69, 9.17) is 21.0 Å². The molecule has 35 heavy (non-hydrogen) atoms. The summed E-state index contributed by atoms with van der Waals surface area (Å²) in [6.45, 7) is 10.4. The Morgan fingerprint density at radius 1 is 0.971 bits per heavy atom. The van der Waals surface area contributed by atoms with Crippen LogP contribution in [0, 0.1) is 20.8 Å². The predicted octanol–water partition coefficient (Wildman–Crippen LogP) is 7.32. The predicted molar refractivity (Wildman–Crippen MR) is 148 cm³/mol. The average Bonchev–Trinajstić information content (AvgIpc) is 2.82. The van der Waals surface area contributed by atoms with Crippen molar-refractivity contribution in [3.05, 3.63) is 105 Å². The van der Waals surface area contributed by atoms with Gasteiger partial charge >= 0.3 is 8.25 Å². The molecular weight excluding hydrogens is 477 g/mol. The maximum Gasteiger partial charge on any atom is 0.316 e. The number of hydrogen-bond acceptors (Lipinski definition) is 3. The van der Waals surface area contributed by atoms with Gasteiger partial charge in [-0.3, -0.25) is 4.57 Å². The first kappa shape index (κ1) is 27.4. The van der Waals surface area contributed by atoms with Crippen molar-refractivity contribution in [3.63, 3.8) is 0 Å². The van der Waals surface area contributed by atoms with Crippen LogP contribution >= 0.6 is 19.9 Å². The molecule has 3 aromatic carbocycles. The molecule has 0 amide bonds. The molecule has 0 heterocycles. The third-order valence-corrected chi connectivity index (χ3v) is 7.08. The lowest BCUT2D eigenvalue weighted by Gasteiger charge is -2.17. The third kappa shape index (κ3) is 8.17. The molecule has 4 nitrogen and oxygen atoms in total. The average molecular weight is 512 g/mol. The highest BCUT2D eigenvalue weighted by atomic mass is 35.5. The Bertz CT molecular complexity index is 1220. The molecule has 2 N–H and O–H groups in total. The summed E-state index contributed by atoms with van der Waals surface area (Å²) in [5, 5.41) is 4.12. The van der Waals surface area contributed by atoms with Gasteiger partial charge in [-0.05, 0) is 109 Å². The molecule has 0 aromatic heterocycles. The van der Waals surface area contributed by atoms with Crippen LogP contribution in [0.3, 0.4) is 0 Å². The molecular formula is C29H35ClNO3P. The first-order chi connectivity index (χ1) is 16.7. The van der Waals surface area contributed by atoms with Crippen molar-refractivity contribution in [1.82, 2.24) is 5.32 Å². The molecule has 0 saturated heterocycles. The maximum atomic E-state index is 10.6. The topological polar surface area (TPSA) is 58.6 Å². The van der Waals surface area contributed by atoms with E-state index >= 15 is 0 Å². The van der Waals surface area contributed by atoms with Crippen molar-refractivity contribution in [2.24, 2.45) is 0 Å². The number of halogens is 1. The van der Waals surface area contributed by atoms with Crippen LogP contribution in [0.1, 0.15) is 52.3 Å². The van der Waals surface area contributed by atoms with Crippen LogP contribution < -0.4 is 5.32 Å². The van der Waals surface area contributed by atoms with Crippen LogP contribution in [0.15, 0.2) is 60.7 Å². The fraction of sp³-hybridized carbons (Fsp3) is 0.310. The summed E-state index contributed by atoms with van der Waals surface area (Å²) in [5.41, 5.74) is 11.2. The van der Waals surface area contributed by atoms with Crippen LogP contribution in [0.25, 0.3) is 11.1 Å². The fourth-order valence-corrected chi connectivity index (χ4v) is 4.64. The molecule has 186 valence electrons. The lowest BCUT2D eigenvalue weighted by Crippen LogP contribution is -2.16. The van der Waals surface area contributed by atoms with E-state index in [0.717, 1.165) is 30.1 Å². The van der Waals surface area contributed by atoms with E-state index in [9.17, 15) is 4.57 Å². The standard InChI is InChI=1S/C29H35ClNO3P/c1-20-9-10-24(15-21(20)2)17-29(26-7-5-8-28(30)18-26)23(4)25-11-12-27(22(3)16-25)19-31-13-6-14-34-35(32)33/h5,7-12,15-16,18,31,35H,6,13-14,17,19H2,1-4H3,(H,32,33)/b29-23-. The smallest absolute Gasteiger partial charge is 0.316 e. The van der Waals surface area contributed by atoms with E-state index in [1.807, 2.05) is 18.2 Å². The number of nitrogens with one attached hydrogen (secondary N) is 1. The van der Waals surface area contributed by atoms with Crippen molar-refractivity contribution in [3.8, 4) is 0 Å². The number of allylic oxidation sites excluding steroid dienone is 2. The van der Waals surface area contributed by atoms with Gasteiger partial charge in [0, 0.05) is 11.6 Å². The molecule has 0 radical (unpaired) electrons. The van der Waals surface area contributed by atoms with E-state index in [1.54, 1.807) is 0 Å². The minimum absolute atomic E-state index is 0.288. The van der Waals surface area contributed by atoms with Gasteiger partial charge in [0.25, 0.3) is 0 Å². The summed E-state index contributed by atoms with van der Waals surface area (Å²) < 4.78 is 15.3. The normalized spacial score (nSPS) is 13.0. The Morgan fingerprint density at radius 3 is 2.46 bits per heavy atom. The lowest BCUT2D eigenvalue weighted by atomic mass is 9.89. The minimum Gasteiger partial charge on any atom is -0.326 e. The van der Waals surface area contributed by atoms with Gasteiger partial charge in [0.1, 0.15) is 0 Å². The number of hydrogen-bond donors (Lipinski definition) is 2. The van der Waals surface area contributed by atoms with Crippen molar-refractivity contribution < 1.29 is 14.0 Å². The van der Waals surface area contributed by atoms with Gasteiger partial charge in [-0.15, -0.1) is 0 Å². The molecule has 1 atom stereocenters. The lowest BCUT2D eigenvalue weighted by molar-refractivity contribution is 0.276. The highest BCUT2D eigenvalue weighted by molar-refractivity contribution is 7.32. The molecule has 0 spiro atoms. The zero-order chi connectivity index (χ0) is 25.4. The Hall–Kier alpha value is -2.20. The highest BCUT2D eigenvalue weighted by Crippen LogP contribution is 2.32. The summed E-state index contributed by atoms with van der Waals surface area (Å²) in [6.07, 6.45) is 1.52. The quantitative estimate of drug-likeness (QED) is 0.161. The second kappa shape index (κ2) is 13.2. The molecule has 6 heteroatoms. The number of rotatable bonds is 11. The second-order valence-electron chi connectivity index (χ2n) is 9.00. The molecule has 0 saturated carbocycles. The monoisotopic (exact) mass is 511 g/mol.